The number of hydrogen-bond donors (Lipinski definition) is 1. The van der Waals surface area contributed by atoms with E-state index >= 15 is 0 Å². The Morgan fingerprint density at radius 1 is 1.03 bits per heavy atom. The number of hydrogen-bond acceptors (Lipinski definition) is 5. The van der Waals surface area contributed by atoms with Crippen LogP contribution in [0.15, 0.2) is 48.5 Å². The lowest BCUT2D eigenvalue weighted by atomic mass is 9.84. The SMILES string of the molecule is COc1ccc(C(=O)C2(O)CCN(CCCC(=O)c3ccc(F)cc3)CC2)cc1. The Bertz CT molecular complexity index is 840. The second kappa shape index (κ2) is 9.29. The monoisotopic (exact) mass is 399 g/mol. The summed E-state index contributed by atoms with van der Waals surface area (Å²) >= 11 is 0. The average Bonchev–Trinajstić information content (AvgIpc) is 2.75. The highest BCUT2D eigenvalue weighted by molar-refractivity contribution is 6.02. The maximum atomic E-state index is 12.9. The van der Waals surface area contributed by atoms with Gasteiger partial charge < -0.3 is 14.7 Å². The van der Waals surface area contributed by atoms with E-state index in [-0.39, 0.29) is 17.4 Å². The highest BCUT2D eigenvalue weighted by Gasteiger charge is 2.39. The fourth-order valence-electron chi connectivity index (χ4n) is 3.63. The van der Waals surface area contributed by atoms with Crippen molar-refractivity contribution in [3.05, 3.63) is 65.5 Å². The van der Waals surface area contributed by atoms with Gasteiger partial charge in [0.15, 0.2) is 11.6 Å². The highest BCUT2D eigenvalue weighted by atomic mass is 19.1. The van der Waals surface area contributed by atoms with E-state index in [1.165, 1.54) is 24.3 Å². The van der Waals surface area contributed by atoms with Crippen molar-refractivity contribution in [2.45, 2.75) is 31.3 Å². The van der Waals surface area contributed by atoms with E-state index in [4.69, 9.17) is 4.74 Å². The zero-order valence-electron chi connectivity index (χ0n) is 16.6. The van der Waals surface area contributed by atoms with Crippen LogP contribution in [0.5, 0.6) is 5.75 Å². The van der Waals surface area contributed by atoms with Crippen LogP contribution in [0.3, 0.4) is 0 Å². The zero-order chi connectivity index (χ0) is 20.9. The van der Waals surface area contributed by atoms with Gasteiger partial charge in [0.05, 0.1) is 7.11 Å². The van der Waals surface area contributed by atoms with Gasteiger partial charge in [-0.2, -0.15) is 0 Å². The minimum absolute atomic E-state index is 0.00630. The minimum atomic E-state index is -1.35. The van der Waals surface area contributed by atoms with Crippen molar-refractivity contribution in [1.29, 1.82) is 0 Å². The van der Waals surface area contributed by atoms with Gasteiger partial charge in [-0.05, 0) is 74.3 Å². The van der Waals surface area contributed by atoms with Crippen LogP contribution in [0.4, 0.5) is 4.39 Å². The number of Topliss-reactive ketones (excluding diaryl/α,β-unsaturated/α-hetero) is 2. The molecular formula is C23H26FNO4. The Hall–Kier alpha value is -2.57. The first-order valence-electron chi connectivity index (χ1n) is 9.84. The van der Waals surface area contributed by atoms with Crippen molar-refractivity contribution in [3.63, 3.8) is 0 Å². The quantitative estimate of drug-likeness (QED) is 0.688. The summed E-state index contributed by atoms with van der Waals surface area (Å²) in [6.07, 6.45) is 1.80. The average molecular weight is 399 g/mol. The van der Waals surface area contributed by atoms with E-state index in [1.807, 2.05) is 0 Å². The first-order valence-corrected chi connectivity index (χ1v) is 9.84. The summed E-state index contributed by atoms with van der Waals surface area (Å²) in [7, 11) is 1.56. The van der Waals surface area contributed by atoms with E-state index in [9.17, 15) is 19.1 Å². The Morgan fingerprint density at radius 3 is 2.21 bits per heavy atom. The standard InChI is InChI=1S/C23H26FNO4/c1-29-20-10-6-18(7-11-20)22(27)23(28)12-15-25(16-13-23)14-2-3-21(26)17-4-8-19(24)9-5-17/h4-11,28H,2-3,12-16H2,1H3. The van der Waals surface area contributed by atoms with Crippen LogP contribution in [-0.4, -0.2) is 53.9 Å². The minimum Gasteiger partial charge on any atom is -0.497 e. The number of ketones is 2. The molecule has 1 aliphatic rings. The number of ether oxygens (including phenoxy) is 1. The molecule has 2 aromatic rings. The van der Waals surface area contributed by atoms with Crippen LogP contribution < -0.4 is 4.74 Å². The molecule has 3 rings (SSSR count). The van der Waals surface area contributed by atoms with Gasteiger partial charge in [0, 0.05) is 30.6 Å². The molecule has 6 heteroatoms. The molecule has 0 bridgehead atoms. The van der Waals surface area contributed by atoms with Crippen molar-refractivity contribution < 1.29 is 23.8 Å². The van der Waals surface area contributed by atoms with Gasteiger partial charge in [-0.15, -0.1) is 0 Å². The molecule has 0 atom stereocenters. The fraction of sp³-hybridized carbons (Fsp3) is 0.391. The predicted molar refractivity (Wildman–Crippen MR) is 108 cm³/mol. The Labute approximate surface area is 170 Å². The van der Waals surface area contributed by atoms with Crippen molar-refractivity contribution >= 4 is 11.6 Å². The molecular weight excluding hydrogens is 373 g/mol. The number of halogens is 1. The summed E-state index contributed by atoms with van der Waals surface area (Å²) in [6, 6.07) is 12.4. The molecule has 154 valence electrons. The molecule has 1 saturated heterocycles. The van der Waals surface area contributed by atoms with E-state index in [1.54, 1.807) is 31.4 Å². The molecule has 1 heterocycles. The number of benzene rings is 2. The molecule has 0 unspecified atom stereocenters. The largest absolute Gasteiger partial charge is 0.497 e. The molecule has 1 aliphatic heterocycles. The van der Waals surface area contributed by atoms with E-state index in [0.717, 1.165) is 6.54 Å². The predicted octanol–water partition coefficient (Wildman–Crippen LogP) is 3.51. The molecule has 0 aliphatic carbocycles. The second-order valence-electron chi connectivity index (χ2n) is 7.46. The van der Waals surface area contributed by atoms with Gasteiger partial charge in [0.25, 0.3) is 0 Å². The van der Waals surface area contributed by atoms with Gasteiger partial charge in [-0.25, -0.2) is 4.39 Å². The third-order valence-electron chi connectivity index (χ3n) is 5.50. The van der Waals surface area contributed by atoms with Gasteiger partial charge >= 0.3 is 0 Å². The lowest BCUT2D eigenvalue weighted by Gasteiger charge is -2.37. The number of rotatable bonds is 8. The Morgan fingerprint density at radius 2 is 1.62 bits per heavy atom. The second-order valence-corrected chi connectivity index (χ2v) is 7.46. The molecule has 0 aromatic heterocycles. The number of piperidine rings is 1. The van der Waals surface area contributed by atoms with Crippen LogP contribution in [-0.2, 0) is 0 Å². The van der Waals surface area contributed by atoms with Crippen molar-refractivity contribution in [1.82, 2.24) is 4.90 Å². The van der Waals surface area contributed by atoms with Gasteiger partial charge in [-0.3, -0.25) is 9.59 Å². The topological polar surface area (TPSA) is 66.8 Å². The lowest BCUT2D eigenvalue weighted by molar-refractivity contribution is -0.00648. The maximum Gasteiger partial charge on any atom is 0.194 e. The van der Waals surface area contributed by atoms with Crippen LogP contribution in [0.2, 0.25) is 0 Å². The Kier molecular flexibility index (Phi) is 6.77. The van der Waals surface area contributed by atoms with E-state index in [2.05, 4.69) is 4.90 Å². The van der Waals surface area contributed by atoms with Crippen molar-refractivity contribution in [3.8, 4) is 5.75 Å². The third kappa shape index (κ3) is 5.28. The number of carbonyl (C=O) groups is 2. The van der Waals surface area contributed by atoms with E-state index < -0.39 is 5.60 Å². The number of carbonyl (C=O) groups excluding carboxylic acids is 2. The third-order valence-corrected chi connectivity index (χ3v) is 5.50. The highest BCUT2D eigenvalue weighted by Crippen LogP contribution is 2.27. The summed E-state index contributed by atoms with van der Waals surface area (Å²) in [4.78, 5) is 27.0. The van der Waals surface area contributed by atoms with Crippen molar-refractivity contribution in [2.75, 3.05) is 26.7 Å². The van der Waals surface area contributed by atoms with Crippen LogP contribution in [0.25, 0.3) is 0 Å². The maximum absolute atomic E-state index is 12.9. The van der Waals surface area contributed by atoms with E-state index in [0.29, 0.717) is 55.6 Å². The summed E-state index contributed by atoms with van der Waals surface area (Å²) in [5, 5.41) is 10.8. The first-order chi connectivity index (χ1) is 13.9. The molecule has 0 spiro atoms. The normalized spacial score (nSPS) is 16.4. The molecule has 0 saturated carbocycles. The summed E-state index contributed by atoms with van der Waals surface area (Å²) in [6.45, 7) is 1.92. The molecule has 0 radical (unpaired) electrons. The number of aliphatic hydroxyl groups is 1. The summed E-state index contributed by atoms with van der Waals surface area (Å²) in [5.41, 5.74) is -0.356. The number of nitrogens with zero attached hydrogens (tertiary/aromatic N) is 1. The molecule has 1 fully saturated rings. The number of methoxy groups -OCH3 is 1. The van der Waals surface area contributed by atoms with Gasteiger partial charge in [0.1, 0.15) is 17.2 Å². The van der Waals surface area contributed by atoms with Gasteiger partial charge in [-0.1, -0.05) is 0 Å². The number of likely N-dealkylation sites (tertiary alicyclic amines) is 1. The first kappa shape index (κ1) is 21.1. The molecule has 29 heavy (non-hydrogen) atoms. The zero-order valence-corrected chi connectivity index (χ0v) is 16.6. The van der Waals surface area contributed by atoms with Gasteiger partial charge in [0.2, 0.25) is 0 Å². The fourth-order valence-corrected chi connectivity index (χ4v) is 3.63. The van der Waals surface area contributed by atoms with Crippen LogP contribution in [0, 0.1) is 5.82 Å². The molecule has 2 aromatic carbocycles. The molecule has 1 N–H and O–H groups in total. The Balaban J connectivity index is 1.46. The van der Waals surface area contributed by atoms with Crippen LogP contribution in [0.1, 0.15) is 46.4 Å². The summed E-state index contributed by atoms with van der Waals surface area (Å²) in [5.74, 6) is 0.0459. The molecule has 0 amide bonds. The summed E-state index contributed by atoms with van der Waals surface area (Å²) < 4.78 is 18.0. The smallest absolute Gasteiger partial charge is 0.194 e. The van der Waals surface area contributed by atoms with Crippen molar-refractivity contribution in [2.24, 2.45) is 0 Å². The van der Waals surface area contributed by atoms with Crippen LogP contribution >= 0.6 is 0 Å². The lowest BCUT2D eigenvalue weighted by Crippen LogP contribution is -2.49. The molecule has 5 nitrogen and oxygen atoms in total.